The summed E-state index contributed by atoms with van der Waals surface area (Å²) in [6.07, 6.45) is 0. The highest BCUT2D eigenvalue weighted by molar-refractivity contribution is 6.27. The van der Waals surface area contributed by atoms with Crippen LogP contribution in [0.1, 0.15) is 20.7 Å². The van der Waals surface area contributed by atoms with Crippen molar-refractivity contribution in [1.29, 1.82) is 0 Å². The second kappa shape index (κ2) is 7.78. The predicted molar refractivity (Wildman–Crippen MR) is 101 cm³/mol. The molecule has 0 aromatic heterocycles. The molecule has 0 heterocycles. The molecule has 128 valence electrons. The first kappa shape index (κ1) is 17.6. The molecule has 5 nitrogen and oxygen atoms in total. The third-order valence-corrected chi connectivity index (χ3v) is 3.91. The van der Waals surface area contributed by atoms with Crippen molar-refractivity contribution < 1.29 is 19.6 Å². The van der Waals surface area contributed by atoms with Gasteiger partial charge in [0.2, 0.25) is 0 Å². The highest BCUT2D eigenvalue weighted by Crippen LogP contribution is 2.44. The van der Waals surface area contributed by atoms with E-state index in [1.807, 2.05) is 30.3 Å². The number of anilines is 1. The number of nitrogens with zero attached hydrogens (tertiary/aromatic N) is 1. The first-order valence-corrected chi connectivity index (χ1v) is 8.02. The fourth-order valence-corrected chi connectivity index (χ4v) is 2.66. The van der Waals surface area contributed by atoms with Crippen LogP contribution in [0.15, 0.2) is 78.9 Å². The van der Waals surface area contributed by atoms with E-state index in [1.165, 1.54) is 4.90 Å². The van der Waals surface area contributed by atoms with Crippen molar-refractivity contribution in [1.82, 2.24) is 0 Å². The highest BCUT2D eigenvalue weighted by Gasteiger charge is 2.31. The van der Waals surface area contributed by atoms with Crippen LogP contribution >= 0.6 is 0 Å². The number of amides is 2. The van der Waals surface area contributed by atoms with Gasteiger partial charge >= 0.3 is 7.69 Å². The van der Waals surface area contributed by atoms with Crippen molar-refractivity contribution in [2.24, 2.45) is 0 Å². The number of carbonyl (C=O) groups is 2. The zero-order valence-electron chi connectivity index (χ0n) is 13.9. The second-order valence-corrected chi connectivity index (χ2v) is 5.55. The van der Waals surface area contributed by atoms with E-state index in [4.69, 9.17) is 10.0 Å². The van der Waals surface area contributed by atoms with Gasteiger partial charge in [-0.05, 0) is 42.0 Å². The van der Waals surface area contributed by atoms with Crippen LogP contribution in [0, 0.1) is 0 Å². The molecule has 2 aliphatic rings. The molecule has 0 fully saturated rings. The molecule has 0 spiro atoms. The Kier molecular flexibility index (Phi) is 5.27. The Labute approximate surface area is 151 Å². The molecule has 0 saturated carbocycles. The molecule has 0 saturated heterocycles. The number of carbonyl (C=O) groups excluding carboxylic acids is 2. The highest BCUT2D eigenvalue weighted by atomic mass is 16.4. The van der Waals surface area contributed by atoms with Crippen LogP contribution in [-0.4, -0.2) is 29.5 Å². The minimum absolute atomic E-state index is 0.312. The van der Waals surface area contributed by atoms with Crippen LogP contribution in [0.3, 0.4) is 0 Å². The lowest BCUT2D eigenvalue weighted by Crippen LogP contribution is -2.36. The van der Waals surface area contributed by atoms with Crippen molar-refractivity contribution in [3.8, 4) is 11.1 Å². The fourth-order valence-electron chi connectivity index (χ4n) is 2.66. The topological polar surface area (TPSA) is 77.8 Å². The van der Waals surface area contributed by atoms with Gasteiger partial charge in [0.1, 0.15) is 0 Å². The molecule has 0 unspecified atom stereocenters. The van der Waals surface area contributed by atoms with E-state index >= 15 is 0 Å². The molecular weight excluding hydrogens is 329 g/mol. The summed E-state index contributed by atoms with van der Waals surface area (Å²) in [5.74, 6) is -0.624. The van der Waals surface area contributed by atoms with Crippen molar-refractivity contribution >= 4 is 25.2 Å². The zero-order valence-corrected chi connectivity index (χ0v) is 13.9. The van der Waals surface area contributed by atoms with Gasteiger partial charge in [-0.15, -0.1) is 0 Å². The minimum Gasteiger partial charge on any atom is -0.430 e. The van der Waals surface area contributed by atoms with Gasteiger partial charge in [0.25, 0.3) is 11.8 Å². The smallest absolute Gasteiger partial charge is 0.430 e. The Morgan fingerprint density at radius 3 is 1.54 bits per heavy atom. The summed E-state index contributed by atoms with van der Waals surface area (Å²) in [5.41, 5.74) is 3.70. The minimum atomic E-state index is -0.750. The average Bonchev–Trinajstić information content (AvgIpc) is 3.36. The summed E-state index contributed by atoms with van der Waals surface area (Å²) in [6.45, 7) is 0. The number of fused-ring (bicyclic) bond motifs is 1. The quantitative estimate of drug-likeness (QED) is 0.442. The zero-order chi connectivity index (χ0) is 18.5. The molecule has 2 N–H and O–H groups in total. The van der Waals surface area contributed by atoms with Crippen LogP contribution in [-0.2, 0) is 0 Å². The number of imide groups is 1. The van der Waals surface area contributed by atoms with Crippen molar-refractivity contribution in [2.45, 2.75) is 0 Å². The summed E-state index contributed by atoms with van der Waals surface area (Å²) in [6, 6.07) is 23.5. The molecule has 0 radical (unpaired) electrons. The van der Waals surface area contributed by atoms with Crippen LogP contribution in [0.5, 0.6) is 0 Å². The van der Waals surface area contributed by atoms with Gasteiger partial charge in [0.05, 0.1) is 5.69 Å². The summed E-state index contributed by atoms with van der Waals surface area (Å²) < 4.78 is 0. The molecule has 0 atom stereocenters. The van der Waals surface area contributed by atoms with Crippen molar-refractivity contribution in [3.63, 3.8) is 0 Å². The molecule has 4 rings (SSSR count). The van der Waals surface area contributed by atoms with E-state index in [0.29, 0.717) is 16.8 Å². The number of hydrogen-bond acceptors (Lipinski definition) is 4. The van der Waals surface area contributed by atoms with E-state index < -0.39 is 7.69 Å². The maximum Gasteiger partial charge on any atom is 0.432 e. The normalized spacial score (nSPS) is 10.2. The lowest BCUT2D eigenvalue weighted by molar-refractivity contribution is 0.0898. The van der Waals surface area contributed by atoms with Crippen LogP contribution in [0.2, 0.25) is 0 Å². The van der Waals surface area contributed by atoms with Gasteiger partial charge in [0, 0.05) is 16.7 Å². The maximum absolute atomic E-state index is 12.9. The molecule has 2 aromatic rings. The molecule has 2 aliphatic carbocycles. The SMILES string of the molecule is O=C(c1ccccc1)N(C(=O)c1ccccc1)c1ccc2cc1-2.OBO. The predicted octanol–water partition coefficient (Wildman–Crippen LogP) is 2.39. The second-order valence-electron chi connectivity index (χ2n) is 5.55. The molecule has 0 aliphatic heterocycles. The van der Waals surface area contributed by atoms with E-state index in [-0.39, 0.29) is 11.8 Å². The van der Waals surface area contributed by atoms with Crippen LogP contribution in [0.4, 0.5) is 5.69 Å². The number of hydrogen-bond donors (Lipinski definition) is 2. The third kappa shape index (κ3) is 3.56. The van der Waals surface area contributed by atoms with E-state index in [0.717, 1.165) is 11.1 Å². The molecule has 2 amide bonds. The average molecular weight is 345 g/mol. The number of benzene rings is 3. The molecule has 0 bridgehead atoms. The van der Waals surface area contributed by atoms with Gasteiger partial charge in [-0.25, -0.2) is 4.90 Å². The first-order valence-electron chi connectivity index (χ1n) is 8.02. The molecule has 6 heteroatoms. The Bertz CT molecular complexity index is 878. The summed E-state index contributed by atoms with van der Waals surface area (Å²) in [5, 5.41) is 14.2. The maximum atomic E-state index is 12.9. The molecular formula is C20H16BNO4. The van der Waals surface area contributed by atoms with Gasteiger partial charge in [-0.2, -0.15) is 0 Å². The lowest BCUT2D eigenvalue weighted by atomic mass is 10.1. The Morgan fingerprint density at radius 1 is 0.731 bits per heavy atom. The standard InChI is InChI=1S/C20H13NO2.BH3O2/c22-19(14-7-3-1-4-8-14)21(18-12-11-16-13-17(16)18)20(23)15-9-5-2-6-10-15;2-1-3/h1-13H;1-3H. The summed E-state index contributed by atoms with van der Waals surface area (Å²) in [4.78, 5) is 27.1. The summed E-state index contributed by atoms with van der Waals surface area (Å²) in [7, 11) is -0.750. The van der Waals surface area contributed by atoms with E-state index in [9.17, 15) is 9.59 Å². The van der Waals surface area contributed by atoms with Crippen LogP contribution < -0.4 is 4.90 Å². The van der Waals surface area contributed by atoms with Gasteiger partial charge < -0.3 is 10.0 Å². The van der Waals surface area contributed by atoms with Gasteiger partial charge in [-0.1, -0.05) is 42.5 Å². The fraction of sp³-hybridized carbons (Fsp3) is 0. The van der Waals surface area contributed by atoms with E-state index in [2.05, 4.69) is 0 Å². The van der Waals surface area contributed by atoms with Crippen molar-refractivity contribution in [3.05, 3.63) is 90.0 Å². The largest absolute Gasteiger partial charge is 0.432 e. The third-order valence-electron chi connectivity index (χ3n) is 3.91. The Hall–Kier alpha value is -3.22. The Morgan fingerprint density at radius 2 is 1.19 bits per heavy atom. The van der Waals surface area contributed by atoms with Gasteiger partial charge in [0.15, 0.2) is 0 Å². The lowest BCUT2D eigenvalue weighted by Gasteiger charge is -2.20. The van der Waals surface area contributed by atoms with Crippen molar-refractivity contribution in [2.75, 3.05) is 4.90 Å². The number of rotatable bonds is 3. The van der Waals surface area contributed by atoms with Gasteiger partial charge in [-0.3, -0.25) is 9.59 Å². The van der Waals surface area contributed by atoms with E-state index in [1.54, 1.807) is 48.5 Å². The Balaban J connectivity index is 0.000000613. The molecule has 2 aromatic carbocycles. The first-order chi connectivity index (χ1) is 12.7. The molecule has 26 heavy (non-hydrogen) atoms. The van der Waals surface area contributed by atoms with Crippen LogP contribution in [0.25, 0.3) is 11.1 Å². The monoisotopic (exact) mass is 345 g/mol. The summed E-state index contributed by atoms with van der Waals surface area (Å²) >= 11 is 0.